The predicted octanol–water partition coefficient (Wildman–Crippen LogP) is 5.30. The van der Waals surface area contributed by atoms with Gasteiger partial charge in [0.15, 0.2) is 0 Å². The summed E-state index contributed by atoms with van der Waals surface area (Å²) in [6.45, 7) is 3.69. The summed E-state index contributed by atoms with van der Waals surface area (Å²) in [5.41, 5.74) is 1.07. The Morgan fingerprint density at radius 1 is 1.24 bits per heavy atom. The van der Waals surface area contributed by atoms with E-state index in [2.05, 4.69) is 20.3 Å². The lowest BCUT2D eigenvalue weighted by Crippen LogP contribution is -2.20. The molecule has 0 aliphatic heterocycles. The maximum absolute atomic E-state index is 12.2. The Hall–Kier alpha value is -2.12. The second-order valence-corrected chi connectivity index (χ2v) is 7.60. The second kappa shape index (κ2) is 10.1. The molecule has 2 aromatic heterocycles. The van der Waals surface area contributed by atoms with E-state index in [1.54, 1.807) is 26.1 Å². The number of pyridine rings is 1. The van der Waals surface area contributed by atoms with E-state index in [-0.39, 0.29) is 23.1 Å². The zero-order chi connectivity index (χ0) is 20.8. The molecule has 1 aliphatic rings. The molecule has 156 valence electrons. The van der Waals surface area contributed by atoms with E-state index in [1.165, 1.54) is 19.3 Å². The molecule has 1 unspecified atom stereocenters. The molecular formula is C20H24Cl2N4O3. The summed E-state index contributed by atoms with van der Waals surface area (Å²) in [5.74, 6) is -0.165. The fourth-order valence-electron chi connectivity index (χ4n) is 3.29. The summed E-state index contributed by atoms with van der Waals surface area (Å²) in [7, 11) is 0. The molecular weight excluding hydrogens is 415 g/mol. The third kappa shape index (κ3) is 5.70. The molecule has 1 N–H and O–H groups in total. The zero-order valence-corrected chi connectivity index (χ0v) is 18.0. The molecule has 2 heterocycles. The highest BCUT2D eigenvalue weighted by Crippen LogP contribution is 2.33. The number of hydrogen-bond acceptors (Lipinski definition) is 7. The molecule has 0 bridgehead atoms. The van der Waals surface area contributed by atoms with Gasteiger partial charge >= 0.3 is 5.97 Å². The van der Waals surface area contributed by atoms with E-state index in [0.29, 0.717) is 22.9 Å². The molecule has 1 atom stereocenters. The number of esters is 1. The summed E-state index contributed by atoms with van der Waals surface area (Å²) in [5, 5.41) is 3.19. The normalized spacial score (nSPS) is 15.6. The van der Waals surface area contributed by atoms with E-state index in [0.717, 1.165) is 12.8 Å². The first-order chi connectivity index (χ1) is 14.0. The monoisotopic (exact) mass is 438 g/mol. The third-order valence-corrected chi connectivity index (χ3v) is 5.24. The van der Waals surface area contributed by atoms with Crippen LogP contribution in [0.1, 0.15) is 57.4 Å². The van der Waals surface area contributed by atoms with Crippen LogP contribution in [0.25, 0.3) is 0 Å². The van der Waals surface area contributed by atoms with Crippen molar-refractivity contribution >= 4 is 40.7 Å². The molecule has 7 nitrogen and oxygen atoms in total. The van der Waals surface area contributed by atoms with Crippen LogP contribution in [0, 0.1) is 0 Å². The lowest BCUT2D eigenvalue weighted by molar-refractivity contribution is -0.144. The summed E-state index contributed by atoms with van der Waals surface area (Å²) in [6, 6.07) is 3.63. The van der Waals surface area contributed by atoms with Gasteiger partial charge in [-0.2, -0.15) is 0 Å². The van der Waals surface area contributed by atoms with E-state index < -0.39 is 11.9 Å². The summed E-state index contributed by atoms with van der Waals surface area (Å²) >= 11 is 12.2. The Labute approximate surface area is 180 Å². The smallest absolute Gasteiger partial charge is 0.313 e. The van der Waals surface area contributed by atoms with Gasteiger partial charge in [-0.1, -0.05) is 18.0 Å². The fourth-order valence-corrected chi connectivity index (χ4v) is 3.84. The maximum atomic E-state index is 12.2. The van der Waals surface area contributed by atoms with E-state index in [4.69, 9.17) is 32.7 Å². The molecule has 0 aromatic carbocycles. The molecule has 29 heavy (non-hydrogen) atoms. The van der Waals surface area contributed by atoms with Crippen LogP contribution in [0.4, 0.5) is 11.5 Å². The summed E-state index contributed by atoms with van der Waals surface area (Å²) in [4.78, 5) is 24.7. The van der Waals surface area contributed by atoms with Crippen LogP contribution >= 0.6 is 23.2 Å². The molecule has 2 aromatic rings. The second-order valence-electron chi connectivity index (χ2n) is 6.91. The maximum Gasteiger partial charge on any atom is 0.313 e. The van der Waals surface area contributed by atoms with Gasteiger partial charge in [0.1, 0.15) is 17.1 Å². The number of ether oxygens (including phenoxy) is 2. The SMILES string of the molecule is CCOC(=O)C(C)c1c(Cl)nc(Cl)nc1Nc1ccc(OC2CCCCC2)nc1. The van der Waals surface area contributed by atoms with Crippen molar-refractivity contribution in [2.24, 2.45) is 0 Å². The van der Waals surface area contributed by atoms with Gasteiger partial charge in [-0.3, -0.25) is 4.79 Å². The van der Waals surface area contributed by atoms with Crippen LogP contribution in [0.5, 0.6) is 5.88 Å². The van der Waals surface area contributed by atoms with Crippen molar-refractivity contribution in [1.29, 1.82) is 0 Å². The lowest BCUT2D eigenvalue weighted by Gasteiger charge is -2.22. The third-order valence-electron chi connectivity index (χ3n) is 4.78. The number of hydrogen-bond donors (Lipinski definition) is 1. The number of carbonyl (C=O) groups excluding carboxylic acids is 1. The fraction of sp³-hybridized carbons (Fsp3) is 0.500. The van der Waals surface area contributed by atoms with E-state index in [1.807, 2.05) is 6.07 Å². The van der Waals surface area contributed by atoms with E-state index in [9.17, 15) is 4.79 Å². The van der Waals surface area contributed by atoms with Crippen LogP contribution in [0.15, 0.2) is 18.3 Å². The number of carbonyl (C=O) groups is 1. The number of anilines is 2. The highest BCUT2D eigenvalue weighted by Gasteiger charge is 2.25. The molecule has 0 spiro atoms. The Morgan fingerprint density at radius 3 is 2.66 bits per heavy atom. The van der Waals surface area contributed by atoms with Crippen LogP contribution in [-0.2, 0) is 9.53 Å². The number of nitrogens with zero attached hydrogens (tertiary/aromatic N) is 3. The van der Waals surface area contributed by atoms with Crippen molar-refractivity contribution in [3.8, 4) is 5.88 Å². The van der Waals surface area contributed by atoms with Gasteiger partial charge in [-0.25, -0.2) is 15.0 Å². The van der Waals surface area contributed by atoms with Crippen LogP contribution in [-0.4, -0.2) is 33.6 Å². The van der Waals surface area contributed by atoms with Crippen LogP contribution in [0.3, 0.4) is 0 Å². The molecule has 9 heteroatoms. The molecule has 3 rings (SSSR count). The Bertz CT molecular complexity index is 842. The number of rotatable bonds is 7. The quantitative estimate of drug-likeness (QED) is 0.356. The average molecular weight is 439 g/mol. The van der Waals surface area contributed by atoms with Gasteiger partial charge in [0.2, 0.25) is 11.2 Å². The molecule has 0 saturated heterocycles. The topological polar surface area (TPSA) is 86.2 Å². The van der Waals surface area contributed by atoms with Crippen LogP contribution in [0.2, 0.25) is 10.4 Å². The van der Waals surface area contributed by atoms with Gasteiger partial charge in [0.05, 0.1) is 24.4 Å². The minimum Gasteiger partial charge on any atom is -0.474 e. The Morgan fingerprint density at radius 2 is 2.00 bits per heavy atom. The van der Waals surface area contributed by atoms with Crippen molar-refractivity contribution in [2.45, 2.75) is 58.0 Å². The summed E-state index contributed by atoms with van der Waals surface area (Å²) < 4.78 is 11.0. The van der Waals surface area contributed by atoms with Crippen molar-refractivity contribution in [2.75, 3.05) is 11.9 Å². The van der Waals surface area contributed by atoms with Crippen molar-refractivity contribution in [3.63, 3.8) is 0 Å². The Balaban J connectivity index is 1.77. The molecule has 0 amide bonds. The first kappa shape index (κ1) is 21.6. The van der Waals surface area contributed by atoms with Crippen molar-refractivity contribution in [3.05, 3.63) is 34.3 Å². The molecule has 1 fully saturated rings. The van der Waals surface area contributed by atoms with Gasteiger partial charge in [0.25, 0.3) is 0 Å². The molecule has 1 saturated carbocycles. The molecule has 0 radical (unpaired) electrons. The minimum absolute atomic E-state index is 0.0254. The van der Waals surface area contributed by atoms with Crippen molar-refractivity contribution < 1.29 is 14.3 Å². The first-order valence-corrected chi connectivity index (χ1v) is 10.5. The van der Waals surface area contributed by atoms with Gasteiger partial charge in [-0.05, 0) is 57.2 Å². The number of halogens is 2. The summed E-state index contributed by atoms with van der Waals surface area (Å²) in [6.07, 6.45) is 7.66. The molecule has 1 aliphatic carbocycles. The highest BCUT2D eigenvalue weighted by atomic mass is 35.5. The van der Waals surface area contributed by atoms with Gasteiger partial charge in [0, 0.05) is 11.6 Å². The lowest BCUT2D eigenvalue weighted by atomic mass is 9.98. The predicted molar refractivity (Wildman–Crippen MR) is 112 cm³/mol. The van der Waals surface area contributed by atoms with Crippen molar-refractivity contribution in [1.82, 2.24) is 15.0 Å². The Kier molecular flexibility index (Phi) is 7.50. The van der Waals surface area contributed by atoms with E-state index >= 15 is 0 Å². The first-order valence-electron chi connectivity index (χ1n) is 9.77. The standard InChI is InChI=1S/C20H24Cl2N4O3/c1-3-28-19(27)12(2)16-17(21)25-20(22)26-18(16)24-13-9-10-15(23-11-13)29-14-7-5-4-6-8-14/h9-12,14H,3-8H2,1-2H3,(H,24,25,26). The zero-order valence-electron chi connectivity index (χ0n) is 16.5. The number of nitrogens with one attached hydrogen (secondary N) is 1. The highest BCUT2D eigenvalue weighted by molar-refractivity contribution is 6.33. The average Bonchev–Trinajstić information content (AvgIpc) is 2.70. The van der Waals surface area contributed by atoms with Crippen LogP contribution < -0.4 is 10.1 Å². The minimum atomic E-state index is -0.663. The largest absolute Gasteiger partial charge is 0.474 e. The van der Waals surface area contributed by atoms with Gasteiger partial charge < -0.3 is 14.8 Å². The number of aromatic nitrogens is 3. The van der Waals surface area contributed by atoms with Gasteiger partial charge in [-0.15, -0.1) is 0 Å².